The van der Waals surface area contributed by atoms with Crippen LogP contribution in [-0.4, -0.2) is 20.7 Å². The number of allylic oxidation sites excluding steroid dienone is 2. The molecule has 30 heavy (non-hydrogen) atoms. The van der Waals surface area contributed by atoms with Gasteiger partial charge in [-0.05, 0) is 41.7 Å². The fourth-order valence-corrected chi connectivity index (χ4v) is 4.69. The number of phenolic OH excluding ortho intramolecular Hbond substituents is 1. The van der Waals surface area contributed by atoms with E-state index in [9.17, 15) is 14.7 Å². The minimum atomic E-state index is -0.527. The van der Waals surface area contributed by atoms with E-state index in [1.807, 2.05) is 36.4 Å². The number of H-pyrrole nitrogens is 1. The first-order valence-corrected chi connectivity index (χ1v) is 10.1. The second kappa shape index (κ2) is 6.49. The Morgan fingerprint density at radius 1 is 1.03 bits per heavy atom. The number of phenols is 1. The number of nitrogens with one attached hydrogen (secondary N) is 2. The molecule has 3 N–H and O–H groups in total. The molecule has 1 aliphatic carbocycles. The first-order chi connectivity index (χ1) is 14.3. The van der Waals surface area contributed by atoms with Crippen LogP contribution < -0.4 is 10.9 Å². The number of aromatic amines is 1. The van der Waals surface area contributed by atoms with E-state index in [-0.39, 0.29) is 22.5 Å². The fraction of sp³-hybridized carbons (Fsp3) is 0.250. The van der Waals surface area contributed by atoms with Crippen molar-refractivity contribution in [2.45, 2.75) is 32.6 Å². The molecule has 2 heterocycles. The van der Waals surface area contributed by atoms with E-state index in [4.69, 9.17) is 0 Å². The van der Waals surface area contributed by atoms with Gasteiger partial charge in [-0.15, -0.1) is 0 Å². The van der Waals surface area contributed by atoms with Crippen LogP contribution in [0.3, 0.4) is 0 Å². The summed E-state index contributed by atoms with van der Waals surface area (Å²) in [7, 11) is 0. The quantitative estimate of drug-likeness (QED) is 0.604. The Morgan fingerprint density at radius 3 is 2.53 bits per heavy atom. The van der Waals surface area contributed by atoms with E-state index < -0.39 is 5.92 Å². The molecule has 0 bridgehead atoms. The molecule has 0 fully saturated rings. The SMILES string of the molecule is CC1(C)CC(=O)C2=C(C1)Nc1[nH]n(-c3ccccc3)c(=O)c1[C@H]2c1cccc(O)c1. The number of ketones is 1. The molecule has 0 amide bonds. The second-order valence-corrected chi connectivity index (χ2v) is 8.86. The first kappa shape index (κ1) is 18.5. The lowest BCUT2D eigenvalue weighted by molar-refractivity contribution is -0.118. The van der Waals surface area contributed by atoms with Crippen molar-refractivity contribution in [1.82, 2.24) is 9.78 Å². The van der Waals surface area contributed by atoms with Gasteiger partial charge in [0, 0.05) is 23.6 Å². The number of Topliss-reactive ketones (excluding diaryl/α,β-unsaturated/α-hetero) is 1. The topological polar surface area (TPSA) is 87.1 Å². The van der Waals surface area contributed by atoms with Gasteiger partial charge in [-0.25, -0.2) is 4.68 Å². The molecule has 0 saturated carbocycles. The highest BCUT2D eigenvalue weighted by Gasteiger charge is 2.43. The lowest BCUT2D eigenvalue weighted by Crippen LogP contribution is -2.35. The number of aromatic nitrogens is 2. The van der Waals surface area contributed by atoms with Crippen molar-refractivity contribution in [2.24, 2.45) is 5.41 Å². The molecule has 0 saturated heterocycles. The van der Waals surface area contributed by atoms with Crippen LogP contribution in [0.5, 0.6) is 5.75 Å². The molecular formula is C24H23N3O3. The molecule has 3 aromatic rings. The highest BCUT2D eigenvalue weighted by Crippen LogP contribution is 2.48. The van der Waals surface area contributed by atoms with Crippen LogP contribution in [0.4, 0.5) is 5.82 Å². The summed E-state index contributed by atoms with van der Waals surface area (Å²) < 4.78 is 1.50. The molecule has 0 radical (unpaired) electrons. The number of rotatable bonds is 2. The number of aromatic hydroxyl groups is 1. The van der Waals surface area contributed by atoms with E-state index in [1.54, 1.807) is 18.2 Å². The third kappa shape index (κ3) is 2.87. The van der Waals surface area contributed by atoms with Gasteiger partial charge >= 0.3 is 0 Å². The van der Waals surface area contributed by atoms with Gasteiger partial charge in [-0.3, -0.25) is 14.7 Å². The molecule has 1 atom stereocenters. The molecular weight excluding hydrogens is 378 g/mol. The summed E-state index contributed by atoms with van der Waals surface area (Å²) in [6, 6.07) is 16.2. The van der Waals surface area contributed by atoms with Crippen molar-refractivity contribution in [3.05, 3.63) is 87.3 Å². The molecule has 2 aliphatic rings. The zero-order valence-corrected chi connectivity index (χ0v) is 16.9. The maximum Gasteiger partial charge on any atom is 0.277 e. The number of anilines is 1. The molecule has 1 aliphatic heterocycles. The highest BCUT2D eigenvalue weighted by molar-refractivity contribution is 6.01. The normalized spacial score (nSPS) is 19.8. The Balaban J connectivity index is 1.76. The Kier molecular flexibility index (Phi) is 4.00. The summed E-state index contributed by atoms with van der Waals surface area (Å²) in [6.45, 7) is 4.15. The zero-order chi connectivity index (χ0) is 21.0. The lowest BCUT2D eigenvalue weighted by Gasteiger charge is -2.37. The fourth-order valence-electron chi connectivity index (χ4n) is 4.69. The smallest absolute Gasteiger partial charge is 0.277 e. The number of para-hydroxylation sites is 1. The van der Waals surface area contributed by atoms with Crippen LogP contribution in [0.25, 0.3) is 5.69 Å². The molecule has 6 heteroatoms. The predicted molar refractivity (Wildman–Crippen MR) is 115 cm³/mol. The monoisotopic (exact) mass is 401 g/mol. The van der Waals surface area contributed by atoms with E-state index in [0.717, 1.165) is 16.9 Å². The van der Waals surface area contributed by atoms with Crippen LogP contribution >= 0.6 is 0 Å². The van der Waals surface area contributed by atoms with Crippen molar-refractivity contribution in [3.8, 4) is 11.4 Å². The Morgan fingerprint density at radius 2 is 1.80 bits per heavy atom. The number of carbonyl (C=O) groups is 1. The van der Waals surface area contributed by atoms with Crippen molar-refractivity contribution in [2.75, 3.05) is 5.32 Å². The Bertz CT molecular complexity index is 1250. The molecule has 5 rings (SSSR count). The number of hydrogen-bond donors (Lipinski definition) is 3. The van der Waals surface area contributed by atoms with Crippen molar-refractivity contribution in [3.63, 3.8) is 0 Å². The number of fused-ring (bicyclic) bond motifs is 1. The first-order valence-electron chi connectivity index (χ1n) is 10.1. The average molecular weight is 401 g/mol. The van der Waals surface area contributed by atoms with Gasteiger partial charge < -0.3 is 10.4 Å². The van der Waals surface area contributed by atoms with Gasteiger partial charge in [0.25, 0.3) is 5.56 Å². The number of nitrogens with zero attached hydrogens (tertiary/aromatic N) is 1. The van der Waals surface area contributed by atoms with Gasteiger partial charge in [0.1, 0.15) is 11.6 Å². The van der Waals surface area contributed by atoms with Crippen LogP contribution in [0.1, 0.15) is 43.7 Å². The summed E-state index contributed by atoms with van der Waals surface area (Å²) in [4.78, 5) is 26.7. The summed E-state index contributed by atoms with van der Waals surface area (Å²) >= 11 is 0. The summed E-state index contributed by atoms with van der Waals surface area (Å²) in [6.07, 6.45) is 1.14. The van der Waals surface area contributed by atoms with Gasteiger partial charge in [-0.1, -0.05) is 44.2 Å². The zero-order valence-electron chi connectivity index (χ0n) is 16.9. The second-order valence-electron chi connectivity index (χ2n) is 8.86. The van der Waals surface area contributed by atoms with Gasteiger partial charge in [0.2, 0.25) is 0 Å². The molecule has 152 valence electrons. The van der Waals surface area contributed by atoms with Gasteiger partial charge in [0.15, 0.2) is 5.78 Å². The molecule has 0 unspecified atom stereocenters. The van der Waals surface area contributed by atoms with Gasteiger partial charge in [0.05, 0.1) is 11.3 Å². The molecule has 2 aromatic carbocycles. The van der Waals surface area contributed by atoms with Crippen LogP contribution in [0.2, 0.25) is 0 Å². The Hall–Kier alpha value is -3.54. The van der Waals surface area contributed by atoms with Gasteiger partial charge in [-0.2, -0.15) is 0 Å². The molecule has 6 nitrogen and oxygen atoms in total. The number of benzene rings is 2. The Labute approximate surface area is 173 Å². The summed E-state index contributed by atoms with van der Waals surface area (Å²) in [5.41, 5.74) is 3.05. The number of hydrogen-bond acceptors (Lipinski definition) is 4. The molecule has 1 aromatic heterocycles. The van der Waals surface area contributed by atoms with Crippen molar-refractivity contribution < 1.29 is 9.90 Å². The predicted octanol–water partition coefficient (Wildman–Crippen LogP) is 4.07. The highest BCUT2D eigenvalue weighted by atomic mass is 16.3. The minimum Gasteiger partial charge on any atom is -0.508 e. The summed E-state index contributed by atoms with van der Waals surface area (Å²) in [5, 5.41) is 16.6. The summed E-state index contributed by atoms with van der Waals surface area (Å²) in [5.74, 6) is 0.221. The maximum atomic E-state index is 13.5. The van der Waals surface area contributed by atoms with Crippen LogP contribution in [-0.2, 0) is 4.79 Å². The van der Waals surface area contributed by atoms with Crippen LogP contribution in [0, 0.1) is 5.41 Å². The van der Waals surface area contributed by atoms with E-state index in [2.05, 4.69) is 24.3 Å². The van der Waals surface area contributed by atoms with Crippen molar-refractivity contribution >= 4 is 11.6 Å². The maximum absolute atomic E-state index is 13.5. The van der Waals surface area contributed by atoms with E-state index in [1.165, 1.54) is 4.68 Å². The van der Waals surface area contributed by atoms with Crippen LogP contribution in [0.15, 0.2) is 70.7 Å². The van der Waals surface area contributed by atoms with E-state index in [0.29, 0.717) is 29.8 Å². The van der Waals surface area contributed by atoms with E-state index >= 15 is 0 Å². The number of carbonyl (C=O) groups excluding carboxylic acids is 1. The third-order valence-electron chi connectivity index (χ3n) is 5.92. The lowest BCUT2D eigenvalue weighted by atomic mass is 9.69. The standard InChI is InChI=1S/C24H23N3O3/c1-24(2)12-17-20(18(29)13-24)19(14-7-6-10-16(28)11-14)21-22(25-17)26-27(23(21)30)15-8-4-3-5-9-15/h3-11,19,25-26,28H,12-13H2,1-2H3/t19-/m0/s1. The van der Waals surface area contributed by atoms with Crippen molar-refractivity contribution in [1.29, 1.82) is 0 Å². The minimum absolute atomic E-state index is 0.0413. The molecule has 0 spiro atoms. The average Bonchev–Trinajstić information content (AvgIpc) is 3.02. The largest absolute Gasteiger partial charge is 0.508 e. The third-order valence-corrected chi connectivity index (χ3v) is 5.92.